The van der Waals surface area contributed by atoms with Gasteiger partial charge >= 0.3 is 0 Å². The Labute approximate surface area is 98.3 Å². The van der Waals surface area contributed by atoms with Crippen LogP contribution in [-0.2, 0) is 9.59 Å². The highest BCUT2D eigenvalue weighted by Crippen LogP contribution is 2.16. The Morgan fingerprint density at radius 2 is 2.20 bits per heavy atom. The number of carbonyl (C=O) groups is 2. The maximum absolute atomic E-state index is 11.7. The van der Waals surface area contributed by atoms with Gasteiger partial charge in [0.25, 0.3) is 0 Å². The first-order valence-electron chi connectivity index (χ1n) is 5.19. The van der Waals surface area contributed by atoms with E-state index in [1.54, 1.807) is 13.8 Å². The van der Waals surface area contributed by atoms with E-state index in [2.05, 4.69) is 26.6 Å². The molecule has 15 heavy (non-hydrogen) atoms. The van der Waals surface area contributed by atoms with Gasteiger partial charge in [-0.3, -0.25) is 9.59 Å². The third kappa shape index (κ3) is 3.81. The highest BCUT2D eigenvalue weighted by atomic mass is 79.9. The summed E-state index contributed by atoms with van der Waals surface area (Å²) in [5.41, 5.74) is 0. The minimum Gasteiger partial charge on any atom is -0.354 e. The fraction of sp³-hybridized carbons (Fsp3) is 0.800. The molecule has 1 heterocycles. The number of alkyl halides is 1. The Morgan fingerprint density at radius 3 is 2.80 bits per heavy atom. The van der Waals surface area contributed by atoms with Crippen LogP contribution in [0, 0.1) is 0 Å². The molecule has 2 N–H and O–H groups in total. The van der Waals surface area contributed by atoms with E-state index < -0.39 is 4.32 Å². The lowest BCUT2D eigenvalue weighted by molar-refractivity contribution is -0.129. The molecule has 0 bridgehead atoms. The standard InChI is InChI=1S/C10H17BrN2O2/c1-10(2,11)9(15)13-7-5-3-4-6-12-8(7)14/h7H,3-6H2,1-2H3,(H,12,14)(H,13,15). The number of nitrogens with one attached hydrogen (secondary N) is 2. The van der Waals surface area contributed by atoms with E-state index in [1.807, 2.05) is 0 Å². The van der Waals surface area contributed by atoms with Crippen molar-refractivity contribution >= 4 is 27.7 Å². The average molecular weight is 277 g/mol. The number of carbonyl (C=O) groups excluding carboxylic acids is 2. The number of halogens is 1. The van der Waals surface area contributed by atoms with Crippen LogP contribution in [0.3, 0.4) is 0 Å². The predicted molar refractivity (Wildman–Crippen MR) is 61.8 cm³/mol. The first kappa shape index (κ1) is 12.5. The largest absolute Gasteiger partial charge is 0.354 e. The van der Waals surface area contributed by atoms with Crippen LogP contribution in [0.25, 0.3) is 0 Å². The van der Waals surface area contributed by atoms with E-state index in [0.29, 0.717) is 6.54 Å². The molecule has 4 nitrogen and oxygen atoms in total. The Bertz CT molecular complexity index is 261. The number of hydrogen-bond acceptors (Lipinski definition) is 2. The highest BCUT2D eigenvalue weighted by Gasteiger charge is 2.29. The molecule has 0 spiro atoms. The number of hydrogen-bond donors (Lipinski definition) is 2. The van der Waals surface area contributed by atoms with Gasteiger partial charge in [0.2, 0.25) is 11.8 Å². The summed E-state index contributed by atoms with van der Waals surface area (Å²) >= 11 is 3.27. The van der Waals surface area contributed by atoms with Crippen molar-refractivity contribution in [2.45, 2.75) is 43.5 Å². The van der Waals surface area contributed by atoms with E-state index in [0.717, 1.165) is 19.3 Å². The van der Waals surface area contributed by atoms with Gasteiger partial charge in [0.1, 0.15) is 6.04 Å². The molecule has 2 amide bonds. The summed E-state index contributed by atoms with van der Waals surface area (Å²) in [6, 6.07) is -0.378. The third-order valence-electron chi connectivity index (χ3n) is 2.38. The second-order valence-electron chi connectivity index (χ2n) is 4.29. The fourth-order valence-electron chi connectivity index (χ4n) is 1.41. The van der Waals surface area contributed by atoms with Crippen molar-refractivity contribution < 1.29 is 9.59 Å². The van der Waals surface area contributed by atoms with Crippen molar-refractivity contribution in [3.05, 3.63) is 0 Å². The average Bonchev–Trinajstić information content (AvgIpc) is 2.30. The van der Waals surface area contributed by atoms with E-state index >= 15 is 0 Å². The molecule has 1 atom stereocenters. The molecule has 0 aromatic carbocycles. The van der Waals surface area contributed by atoms with Crippen LogP contribution in [-0.4, -0.2) is 28.7 Å². The summed E-state index contributed by atoms with van der Waals surface area (Å²) in [6.45, 7) is 4.23. The van der Waals surface area contributed by atoms with Crippen LogP contribution < -0.4 is 10.6 Å². The molecule has 1 saturated heterocycles. The molecule has 1 unspecified atom stereocenters. The minimum absolute atomic E-state index is 0.0717. The van der Waals surface area contributed by atoms with Gasteiger partial charge in [0.05, 0.1) is 4.32 Å². The summed E-state index contributed by atoms with van der Waals surface area (Å²) in [7, 11) is 0. The molecule has 5 heteroatoms. The maximum atomic E-state index is 11.7. The van der Waals surface area contributed by atoms with Gasteiger partial charge in [-0.05, 0) is 33.1 Å². The van der Waals surface area contributed by atoms with E-state index in [1.165, 1.54) is 0 Å². The zero-order chi connectivity index (χ0) is 11.5. The third-order valence-corrected chi connectivity index (χ3v) is 2.74. The molecule has 0 aromatic heterocycles. The van der Waals surface area contributed by atoms with Crippen LogP contribution in [0.5, 0.6) is 0 Å². The van der Waals surface area contributed by atoms with Crippen molar-refractivity contribution in [1.29, 1.82) is 0 Å². The van der Waals surface area contributed by atoms with Crippen molar-refractivity contribution in [1.82, 2.24) is 10.6 Å². The zero-order valence-corrected chi connectivity index (χ0v) is 10.7. The molecule has 1 aliphatic rings. The summed E-state index contributed by atoms with van der Waals surface area (Å²) in [5.74, 6) is -0.220. The van der Waals surface area contributed by atoms with E-state index in [-0.39, 0.29) is 17.9 Å². The van der Waals surface area contributed by atoms with Gasteiger partial charge in [0.15, 0.2) is 0 Å². The monoisotopic (exact) mass is 276 g/mol. The topological polar surface area (TPSA) is 58.2 Å². The second kappa shape index (κ2) is 4.96. The fourth-order valence-corrected chi connectivity index (χ4v) is 1.52. The van der Waals surface area contributed by atoms with Gasteiger partial charge in [-0.25, -0.2) is 0 Å². The number of rotatable bonds is 2. The molecule has 1 rings (SSSR count). The van der Waals surface area contributed by atoms with Crippen molar-refractivity contribution in [2.24, 2.45) is 0 Å². The van der Waals surface area contributed by atoms with Crippen LogP contribution in [0.4, 0.5) is 0 Å². The lowest BCUT2D eigenvalue weighted by Crippen LogP contribution is -2.50. The zero-order valence-electron chi connectivity index (χ0n) is 9.10. The summed E-state index contributed by atoms with van der Waals surface area (Å²) in [4.78, 5) is 23.2. The van der Waals surface area contributed by atoms with Crippen molar-refractivity contribution in [3.8, 4) is 0 Å². The van der Waals surface area contributed by atoms with Crippen molar-refractivity contribution in [2.75, 3.05) is 6.54 Å². The molecule has 1 aliphatic heterocycles. The van der Waals surface area contributed by atoms with Crippen LogP contribution >= 0.6 is 15.9 Å². The summed E-state index contributed by atoms with van der Waals surface area (Å²) in [6.07, 6.45) is 2.67. The van der Waals surface area contributed by atoms with Gasteiger partial charge in [0, 0.05) is 6.54 Å². The minimum atomic E-state index is -0.625. The molecule has 86 valence electrons. The van der Waals surface area contributed by atoms with Gasteiger partial charge in [-0.2, -0.15) is 0 Å². The lowest BCUT2D eigenvalue weighted by atomic mass is 10.1. The SMILES string of the molecule is CC(C)(Br)C(=O)NC1CCCCNC1=O. The second-order valence-corrected chi connectivity index (χ2v) is 6.27. The van der Waals surface area contributed by atoms with Crippen LogP contribution in [0.2, 0.25) is 0 Å². The summed E-state index contributed by atoms with van der Waals surface area (Å²) in [5, 5.41) is 5.53. The first-order valence-corrected chi connectivity index (χ1v) is 5.98. The quantitative estimate of drug-likeness (QED) is 0.738. The Morgan fingerprint density at radius 1 is 1.53 bits per heavy atom. The molecule has 1 fully saturated rings. The number of amides is 2. The van der Waals surface area contributed by atoms with Crippen molar-refractivity contribution in [3.63, 3.8) is 0 Å². The predicted octanol–water partition coefficient (Wildman–Crippen LogP) is 0.945. The molecule has 0 aromatic rings. The molecule has 0 saturated carbocycles. The first-order chi connectivity index (χ1) is 6.91. The molecule has 0 aliphatic carbocycles. The Balaban J connectivity index is 2.56. The molecule has 0 radical (unpaired) electrons. The van der Waals surface area contributed by atoms with E-state index in [4.69, 9.17) is 0 Å². The van der Waals surface area contributed by atoms with Gasteiger partial charge < -0.3 is 10.6 Å². The Hall–Kier alpha value is -0.580. The normalized spacial score (nSPS) is 22.9. The molecular formula is C10H17BrN2O2. The lowest BCUT2D eigenvalue weighted by Gasteiger charge is -2.21. The maximum Gasteiger partial charge on any atom is 0.242 e. The van der Waals surface area contributed by atoms with Crippen LogP contribution in [0.1, 0.15) is 33.1 Å². The highest BCUT2D eigenvalue weighted by molar-refractivity contribution is 9.10. The van der Waals surface area contributed by atoms with E-state index in [9.17, 15) is 9.59 Å². The molecular weight excluding hydrogens is 260 g/mol. The summed E-state index contributed by atoms with van der Waals surface area (Å²) < 4.78 is -0.625. The van der Waals surface area contributed by atoms with Crippen LogP contribution in [0.15, 0.2) is 0 Å². The van der Waals surface area contributed by atoms with Gasteiger partial charge in [-0.1, -0.05) is 15.9 Å². The Kier molecular flexibility index (Phi) is 4.13. The van der Waals surface area contributed by atoms with Gasteiger partial charge in [-0.15, -0.1) is 0 Å². The smallest absolute Gasteiger partial charge is 0.242 e.